The lowest BCUT2D eigenvalue weighted by atomic mass is 10.3. The maximum absolute atomic E-state index is 11.8. The average molecular weight is 1360 g/mol. The van der Waals surface area contributed by atoms with Crippen LogP contribution in [0.3, 0.4) is 0 Å². The van der Waals surface area contributed by atoms with E-state index >= 15 is 0 Å². The van der Waals surface area contributed by atoms with E-state index in [1.165, 1.54) is 92.0 Å². The van der Waals surface area contributed by atoms with Crippen molar-refractivity contribution in [3.05, 3.63) is 0 Å². The van der Waals surface area contributed by atoms with Gasteiger partial charge in [-0.2, -0.15) is 76.8 Å². The van der Waals surface area contributed by atoms with E-state index in [4.69, 9.17) is 102 Å². The Morgan fingerprint density at radius 1 is 0.293 bits per heavy atom. The summed E-state index contributed by atoms with van der Waals surface area (Å²) < 4.78 is 218. The number of alkyl halides is 6. The lowest BCUT2D eigenvalue weighted by Gasteiger charge is -2.35. The molecule has 0 aliphatic carbocycles. The number of quaternary nitrogens is 3. The molecule has 0 atom stereocenters. The standard InChI is InChI=1S/3C8H20N.3C2H2O4.3CH2F2O6S2.BO3/c3*1-5-9(6-2,7-3)8-4;3*3-1(4)2(5)6;3*2-1(3,10(4,5)6)11(7,8)9;2-1(3)4/h3*5-8H2,1-4H3;3*(H,3,4)(H,5,6);3*(H,4,5,6)(H,7,8,9);/q3*+1;;;;;;;-3. The largest absolute Gasteiger partial charge is 0.907 e. The Labute approximate surface area is 469 Å². The number of hydrogen-bond acceptors (Lipinski definition) is 21. The molecule has 0 saturated carbocycles. The smallest absolute Gasteiger partial charge is 0.495 e. The number of nitrogens with zero attached hydrogens (tertiary/aromatic N) is 3. The summed E-state index contributed by atoms with van der Waals surface area (Å²) in [7, 11) is -39.7. The first kappa shape index (κ1) is 99.7. The van der Waals surface area contributed by atoms with E-state index in [0.29, 0.717) is 0 Å². The minimum atomic E-state index is -6.13. The van der Waals surface area contributed by atoms with Gasteiger partial charge < -0.3 is 59.2 Å². The van der Waals surface area contributed by atoms with Gasteiger partial charge in [-0.25, -0.2) is 28.8 Å². The molecule has 0 rings (SSSR count). The van der Waals surface area contributed by atoms with Crippen molar-refractivity contribution in [2.75, 3.05) is 78.5 Å². The van der Waals surface area contributed by atoms with Gasteiger partial charge in [-0.15, -0.1) is 0 Å². The molecule has 0 aromatic carbocycles. The number of carbonyl (C=O) groups is 6. The van der Waals surface area contributed by atoms with Crippen molar-refractivity contribution in [1.82, 2.24) is 0 Å². The molecule has 0 spiro atoms. The van der Waals surface area contributed by atoms with E-state index < -0.39 is 118 Å². The molecule has 0 saturated heterocycles. The maximum Gasteiger partial charge on any atom is 0.495 e. The highest BCUT2D eigenvalue weighted by Gasteiger charge is 2.58. The molecule has 0 aliphatic heterocycles. The molecule has 0 unspecified atom stereocenters. The van der Waals surface area contributed by atoms with E-state index in [1.807, 2.05) is 0 Å². The zero-order chi connectivity index (χ0) is 69.5. The molecule has 0 aromatic heterocycles. The van der Waals surface area contributed by atoms with Crippen LogP contribution in [0.25, 0.3) is 0 Å². The highest BCUT2D eigenvalue weighted by Crippen LogP contribution is 2.27. The SMILES string of the molecule is CC[N+](CC)(CC)CC.CC[N+](CC)(CC)CC.CC[N+](CC)(CC)CC.O=C(O)C(=O)O.O=C(O)C(=O)O.O=C(O)C(=O)O.O=S(=O)(O)C(F)(F)S(=O)(=O)O.O=S(=O)(O)C(F)(F)S(=O)(=O)O.O=S(=O)(O)C(F)(F)S(=O)(=O)O.[O-]B([O-])[O-]. The Hall–Kier alpha value is -4.32. The van der Waals surface area contributed by atoms with Gasteiger partial charge in [-0.05, 0) is 83.1 Å². The Kier molecular flexibility index (Phi) is 52.7. The van der Waals surface area contributed by atoms with E-state index in [9.17, 15) is 76.8 Å². The Morgan fingerprint density at radius 3 is 0.354 bits per heavy atom. The van der Waals surface area contributed by atoms with Crippen molar-refractivity contribution in [3.63, 3.8) is 0 Å². The summed E-state index contributed by atoms with van der Waals surface area (Å²) in [6.45, 7) is 42.7. The van der Waals surface area contributed by atoms with Crippen molar-refractivity contribution in [2.45, 2.75) is 96.8 Å². The summed E-state index contributed by atoms with van der Waals surface area (Å²) >= 11 is 0. The van der Waals surface area contributed by atoms with E-state index in [1.54, 1.807) is 0 Å². The number of aliphatic carboxylic acids is 6. The van der Waals surface area contributed by atoms with Crippen LogP contribution >= 0.6 is 0 Å². The number of hydrogen-bond donors (Lipinski definition) is 12. The first-order chi connectivity index (χ1) is 35.9. The minimum absolute atomic E-state index is 1.28. The van der Waals surface area contributed by atoms with Gasteiger partial charge in [0.2, 0.25) is 0 Å². The first-order valence-electron chi connectivity index (χ1n) is 21.8. The van der Waals surface area contributed by atoms with E-state index in [-0.39, 0.29) is 0 Å². The Balaban J connectivity index is -0.0000000888. The third-order valence-electron chi connectivity index (χ3n) is 10.4. The van der Waals surface area contributed by atoms with Crippen LogP contribution in [0.5, 0.6) is 0 Å². The fourth-order valence-corrected chi connectivity index (χ4v) is 7.62. The molecule has 0 fully saturated rings. The van der Waals surface area contributed by atoms with Gasteiger partial charge in [-0.3, -0.25) is 34.6 Å². The number of carboxylic acids is 6. The highest BCUT2D eigenvalue weighted by molar-refractivity contribution is 8.05. The van der Waals surface area contributed by atoms with Crippen LogP contribution in [-0.2, 0) is 89.5 Å². The monoisotopic (exact) mass is 1360 g/mol. The van der Waals surface area contributed by atoms with Gasteiger partial charge in [0.05, 0.1) is 78.5 Å². The molecule has 0 heterocycles. The van der Waals surface area contributed by atoms with Gasteiger partial charge in [0.25, 0.3) is 0 Å². The van der Waals surface area contributed by atoms with Crippen molar-refractivity contribution in [3.8, 4) is 0 Å². The van der Waals surface area contributed by atoms with E-state index in [2.05, 4.69) is 83.1 Å². The maximum atomic E-state index is 11.8. The highest BCUT2D eigenvalue weighted by atomic mass is 32.3. The number of rotatable bonds is 18. The zero-order valence-electron chi connectivity index (χ0n) is 45.6. The van der Waals surface area contributed by atoms with Crippen LogP contribution in [0.4, 0.5) is 26.3 Å². The van der Waals surface area contributed by atoms with Gasteiger partial charge in [0, 0.05) is 0 Å². The van der Waals surface area contributed by atoms with E-state index in [0.717, 1.165) is 0 Å². The fourth-order valence-electron chi connectivity index (χ4n) is 4.42. The quantitative estimate of drug-likeness (QED) is 0.0215. The third kappa shape index (κ3) is 44.2. The second-order valence-corrected chi connectivity index (χ2v) is 23.7. The van der Waals surface area contributed by atoms with Gasteiger partial charge in [0.15, 0.2) is 0 Å². The molecule has 36 nitrogen and oxygen atoms in total. The molecule has 0 bridgehead atoms. The molecule has 12 N–H and O–H groups in total. The summed E-state index contributed by atoms with van der Waals surface area (Å²) in [6.07, 6.45) is 0. The topological polar surface area (TPSA) is 619 Å². The lowest BCUT2D eigenvalue weighted by Crippen LogP contribution is -2.56. The van der Waals surface area contributed by atoms with Crippen LogP contribution in [0.1, 0.15) is 83.1 Å². The fraction of sp³-hybridized carbons (Fsp3) is 0.818. The van der Waals surface area contributed by atoms with Crippen molar-refractivity contribution in [1.29, 1.82) is 0 Å². The Bertz CT molecular complexity index is 2120. The normalized spacial score (nSPS) is 11.9. The van der Waals surface area contributed by atoms with Gasteiger partial charge in [-0.1, -0.05) is 0 Å². The predicted molar refractivity (Wildman–Crippen MR) is 263 cm³/mol. The summed E-state index contributed by atoms with van der Waals surface area (Å²) in [4.78, 5) is 54.6. The van der Waals surface area contributed by atoms with Crippen LogP contribution in [0.2, 0.25) is 0 Å². The molecule has 82 heavy (non-hydrogen) atoms. The molecular weight excluding hydrogens is 1280 g/mol. The lowest BCUT2D eigenvalue weighted by molar-refractivity contribution is -0.921. The molecular formula is C33H72BF6N3O33S6. The van der Waals surface area contributed by atoms with Gasteiger partial charge >= 0.3 is 110 Å². The second kappa shape index (κ2) is 43.3. The number of halogens is 6. The molecule has 0 amide bonds. The molecule has 49 heteroatoms. The van der Waals surface area contributed by atoms with Crippen LogP contribution in [-0.4, -0.2) is 257 Å². The predicted octanol–water partition coefficient (Wildman–Crippen LogP) is -2.90. The Morgan fingerprint density at radius 2 is 0.354 bits per heavy atom. The molecule has 0 radical (unpaired) electrons. The first-order valence-corrected chi connectivity index (χ1v) is 30.4. The molecule has 0 aliphatic rings. The van der Waals surface area contributed by atoms with Crippen LogP contribution in [0.15, 0.2) is 0 Å². The van der Waals surface area contributed by atoms with Crippen molar-refractivity contribution < 1.29 is 192 Å². The molecule has 0 aromatic rings. The van der Waals surface area contributed by atoms with Crippen LogP contribution < -0.4 is 15.1 Å². The van der Waals surface area contributed by atoms with Crippen LogP contribution in [0, 0.1) is 0 Å². The second-order valence-electron chi connectivity index (χ2n) is 14.2. The zero-order valence-corrected chi connectivity index (χ0v) is 50.5. The third-order valence-corrected chi connectivity index (χ3v) is 17.8. The summed E-state index contributed by atoms with van der Waals surface area (Å²) in [5.41, 5.74) is 0. The van der Waals surface area contributed by atoms with Gasteiger partial charge in [0.1, 0.15) is 0 Å². The summed E-state index contributed by atoms with van der Waals surface area (Å²) in [5, 5.41) is 69.6. The summed E-state index contributed by atoms with van der Waals surface area (Å²) in [5.74, 6) is -10.9. The molecule has 498 valence electrons. The van der Waals surface area contributed by atoms with Crippen molar-refractivity contribution in [2.24, 2.45) is 0 Å². The number of carboxylic acid groups (broad SMARTS) is 6. The minimum Gasteiger partial charge on any atom is -0.907 e. The van der Waals surface area contributed by atoms with Crippen molar-refractivity contribution >= 4 is 104 Å². The summed E-state index contributed by atoms with van der Waals surface area (Å²) in [6, 6.07) is 0. The average Bonchev–Trinajstić information content (AvgIpc) is 3.31.